The Labute approximate surface area is 237 Å². The van der Waals surface area contributed by atoms with Gasteiger partial charge in [0.15, 0.2) is 6.61 Å². The number of hydrogen-bond acceptors (Lipinski definition) is 5. The van der Waals surface area contributed by atoms with E-state index in [1.54, 1.807) is 41.3 Å². The molecular weight excluding hydrogens is 539 g/mol. The van der Waals surface area contributed by atoms with E-state index in [-0.39, 0.29) is 24.6 Å². The molecule has 0 unspecified atom stereocenters. The molecule has 4 N–H and O–H groups in total. The van der Waals surface area contributed by atoms with Gasteiger partial charge >= 0.3 is 0 Å². The van der Waals surface area contributed by atoms with Crippen molar-refractivity contribution in [2.45, 2.75) is 63.3 Å². The standard InChI is InChI=1S/C29H30Cl2N4O4/c1-17-9-11-20-22(14-17)29(37)35(25-8-3-2-7-24(25)32)27(21-12-10-18(30)15-23(21)31)26(20)28(36)33-39-16-19-6-4-5-13-34(19)38/h4-6,9-15,24-27H,2-3,7-8,16,32H2,1H3,(H-,33,36,38)/p+1/t24-,25-,26+,27-/m0/s1. The summed E-state index contributed by atoms with van der Waals surface area (Å²) >= 11 is 13.0. The van der Waals surface area contributed by atoms with Crippen LogP contribution in [0.25, 0.3) is 0 Å². The first-order valence-electron chi connectivity index (χ1n) is 13.0. The number of benzene rings is 2. The van der Waals surface area contributed by atoms with Gasteiger partial charge in [0, 0.05) is 44.6 Å². The molecular formula is C29H31Cl2N4O4+. The molecule has 1 aliphatic heterocycles. The van der Waals surface area contributed by atoms with Crippen LogP contribution < -0.4 is 15.9 Å². The second-order valence-corrected chi connectivity index (χ2v) is 11.0. The number of hydroxylamine groups is 1. The predicted molar refractivity (Wildman–Crippen MR) is 146 cm³/mol. The molecule has 204 valence electrons. The maximum atomic E-state index is 14.2. The minimum absolute atomic E-state index is 0.0704. The van der Waals surface area contributed by atoms with Crippen molar-refractivity contribution in [2.75, 3.05) is 0 Å². The summed E-state index contributed by atoms with van der Waals surface area (Å²) in [5, 5.41) is 10.8. The number of aryl methyl sites for hydroxylation is 1. The van der Waals surface area contributed by atoms with Gasteiger partial charge in [0.25, 0.3) is 17.5 Å². The fraction of sp³-hybridized carbons (Fsp3) is 0.345. The van der Waals surface area contributed by atoms with E-state index in [4.69, 9.17) is 33.8 Å². The summed E-state index contributed by atoms with van der Waals surface area (Å²) in [6, 6.07) is 14.5. The lowest BCUT2D eigenvalue weighted by molar-refractivity contribution is -0.910. The first-order chi connectivity index (χ1) is 18.8. The smallest absolute Gasteiger partial charge is 0.262 e. The van der Waals surface area contributed by atoms with Crippen LogP contribution in [-0.2, 0) is 16.2 Å². The van der Waals surface area contributed by atoms with Crippen LogP contribution in [0.2, 0.25) is 10.0 Å². The van der Waals surface area contributed by atoms with Crippen molar-refractivity contribution >= 4 is 35.0 Å². The van der Waals surface area contributed by atoms with E-state index in [1.807, 2.05) is 25.1 Å². The number of nitrogens with one attached hydrogen (secondary N) is 1. The molecule has 1 fully saturated rings. The third-order valence-corrected chi connectivity index (χ3v) is 8.20. The molecule has 0 bridgehead atoms. The zero-order valence-corrected chi connectivity index (χ0v) is 23.0. The maximum Gasteiger partial charge on any atom is 0.262 e. The molecule has 0 spiro atoms. The average molecular weight is 570 g/mol. The van der Waals surface area contributed by atoms with E-state index < -0.39 is 17.9 Å². The van der Waals surface area contributed by atoms with Gasteiger partial charge in [-0.1, -0.05) is 59.8 Å². The van der Waals surface area contributed by atoms with E-state index in [9.17, 15) is 14.8 Å². The van der Waals surface area contributed by atoms with E-state index in [1.165, 1.54) is 6.20 Å². The molecule has 2 aliphatic rings. The van der Waals surface area contributed by atoms with E-state index >= 15 is 0 Å². The summed E-state index contributed by atoms with van der Waals surface area (Å²) in [5.41, 5.74) is 12.2. The quantitative estimate of drug-likeness (QED) is 0.228. The van der Waals surface area contributed by atoms with Gasteiger partial charge in [-0.25, -0.2) is 5.48 Å². The summed E-state index contributed by atoms with van der Waals surface area (Å²) in [4.78, 5) is 35.5. The van der Waals surface area contributed by atoms with Crippen LogP contribution in [-0.4, -0.2) is 34.0 Å². The van der Waals surface area contributed by atoms with Crippen LogP contribution in [0.3, 0.4) is 0 Å². The summed E-state index contributed by atoms with van der Waals surface area (Å²) in [5.74, 6) is -1.47. The van der Waals surface area contributed by atoms with Crippen molar-refractivity contribution in [1.29, 1.82) is 0 Å². The number of carbonyl (C=O) groups excluding carboxylic acids is 2. The third kappa shape index (κ3) is 5.47. The Morgan fingerprint density at radius 3 is 2.64 bits per heavy atom. The number of pyridine rings is 1. The highest BCUT2D eigenvalue weighted by molar-refractivity contribution is 6.35. The number of hydrogen-bond donors (Lipinski definition) is 3. The first-order valence-corrected chi connectivity index (χ1v) is 13.8. The van der Waals surface area contributed by atoms with E-state index in [0.29, 0.717) is 32.4 Å². The average Bonchev–Trinajstić information content (AvgIpc) is 2.91. The molecule has 5 rings (SSSR count). The van der Waals surface area contributed by atoms with Crippen molar-refractivity contribution in [3.8, 4) is 0 Å². The summed E-state index contributed by atoms with van der Waals surface area (Å²) < 4.78 is 0.923. The highest BCUT2D eigenvalue weighted by Gasteiger charge is 2.48. The summed E-state index contributed by atoms with van der Waals surface area (Å²) in [6.45, 7) is 1.84. The van der Waals surface area contributed by atoms with Crippen LogP contribution in [0.1, 0.15) is 70.4 Å². The number of halogens is 2. The zero-order chi connectivity index (χ0) is 27.7. The Balaban J connectivity index is 1.59. The Kier molecular flexibility index (Phi) is 8.09. The van der Waals surface area contributed by atoms with Gasteiger partial charge in [-0.05, 0) is 55.2 Å². The number of aromatic nitrogens is 1. The largest absolute Gasteiger partial charge is 0.326 e. The normalized spacial score (nSPS) is 22.9. The molecule has 39 heavy (non-hydrogen) atoms. The van der Waals surface area contributed by atoms with Crippen molar-refractivity contribution in [3.05, 3.63) is 98.8 Å². The fourth-order valence-corrected chi connectivity index (χ4v) is 6.27. The van der Waals surface area contributed by atoms with Crippen LogP contribution in [0, 0.1) is 6.92 Å². The minimum Gasteiger partial charge on any atom is -0.326 e. The van der Waals surface area contributed by atoms with Gasteiger partial charge in [-0.2, -0.15) is 0 Å². The molecule has 3 aromatic rings. The Morgan fingerprint density at radius 1 is 1.13 bits per heavy atom. The van der Waals surface area contributed by atoms with Crippen molar-refractivity contribution in [1.82, 2.24) is 10.4 Å². The Morgan fingerprint density at radius 2 is 1.90 bits per heavy atom. The highest BCUT2D eigenvalue weighted by atomic mass is 35.5. The first kappa shape index (κ1) is 27.4. The second-order valence-electron chi connectivity index (χ2n) is 10.2. The fourth-order valence-electron chi connectivity index (χ4n) is 5.75. The monoisotopic (exact) mass is 569 g/mol. The molecule has 4 atom stereocenters. The topological polar surface area (TPSA) is 109 Å². The van der Waals surface area contributed by atoms with Gasteiger partial charge in [0.05, 0.1) is 12.0 Å². The van der Waals surface area contributed by atoms with Gasteiger partial charge < -0.3 is 10.6 Å². The van der Waals surface area contributed by atoms with Gasteiger partial charge in [0.2, 0.25) is 6.20 Å². The molecule has 10 heteroatoms. The lowest BCUT2D eigenvalue weighted by Crippen LogP contribution is -2.57. The molecule has 2 amide bonds. The zero-order valence-electron chi connectivity index (χ0n) is 21.5. The number of carbonyl (C=O) groups is 2. The number of rotatable bonds is 6. The lowest BCUT2D eigenvalue weighted by Gasteiger charge is -2.48. The number of amides is 2. The van der Waals surface area contributed by atoms with Crippen molar-refractivity contribution < 1.29 is 24.4 Å². The third-order valence-electron chi connectivity index (χ3n) is 7.64. The van der Waals surface area contributed by atoms with Crippen LogP contribution in [0.5, 0.6) is 0 Å². The molecule has 2 heterocycles. The SMILES string of the molecule is Cc1ccc2c(c1)C(=O)N([C@H]1CCCC[C@@H]1N)[C@@H](c1ccc(Cl)cc1Cl)[C@@H]2C(=O)NOCc1cccc[n+]1O. The molecule has 2 aromatic carbocycles. The van der Waals surface area contributed by atoms with Crippen molar-refractivity contribution in [3.63, 3.8) is 0 Å². The highest BCUT2D eigenvalue weighted by Crippen LogP contribution is 2.47. The Hall–Kier alpha value is -3.17. The number of nitrogens with zero attached hydrogens (tertiary/aromatic N) is 2. The lowest BCUT2D eigenvalue weighted by atomic mass is 9.76. The minimum atomic E-state index is -0.844. The summed E-state index contributed by atoms with van der Waals surface area (Å²) in [6.07, 6.45) is 4.90. The molecule has 0 saturated heterocycles. The molecule has 1 saturated carbocycles. The van der Waals surface area contributed by atoms with E-state index in [0.717, 1.165) is 36.0 Å². The van der Waals surface area contributed by atoms with E-state index in [2.05, 4.69) is 5.48 Å². The van der Waals surface area contributed by atoms with Gasteiger partial charge in [0.1, 0.15) is 0 Å². The molecule has 1 aromatic heterocycles. The second kappa shape index (κ2) is 11.5. The van der Waals surface area contributed by atoms with Gasteiger partial charge in [-0.15, -0.1) is 0 Å². The molecule has 0 radical (unpaired) electrons. The maximum absolute atomic E-state index is 14.2. The molecule has 8 nitrogen and oxygen atoms in total. The number of nitrogens with two attached hydrogens (primary N) is 1. The molecule has 1 aliphatic carbocycles. The summed E-state index contributed by atoms with van der Waals surface area (Å²) in [7, 11) is 0. The van der Waals surface area contributed by atoms with Crippen LogP contribution in [0.4, 0.5) is 0 Å². The van der Waals surface area contributed by atoms with Gasteiger partial charge in [-0.3, -0.25) is 19.6 Å². The Bertz CT molecular complexity index is 1400. The predicted octanol–water partition coefficient (Wildman–Crippen LogP) is 4.63. The van der Waals surface area contributed by atoms with Crippen molar-refractivity contribution in [2.24, 2.45) is 5.73 Å². The van der Waals surface area contributed by atoms with Crippen LogP contribution >= 0.6 is 23.2 Å². The number of fused-ring (bicyclic) bond motifs is 1. The van der Waals surface area contributed by atoms with Crippen LogP contribution in [0.15, 0.2) is 60.8 Å².